The molecule has 0 aliphatic carbocycles. The third-order valence-electron chi connectivity index (χ3n) is 2.70. The van der Waals surface area contributed by atoms with Gasteiger partial charge in [0.25, 0.3) is 0 Å². The number of methoxy groups -OCH3 is 1. The van der Waals surface area contributed by atoms with Gasteiger partial charge in [-0.05, 0) is 17.5 Å². The molecule has 0 N–H and O–H groups in total. The summed E-state index contributed by atoms with van der Waals surface area (Å²) in [6, 6.07) is 3.57. The molecule has 3 aromatic rings. The van der Waals surface area contributed by atoms with Crippen LogP contribution in [0.2, 0.25) is 0 Å². The maximum absolute atomic E-state index is 11.6. The highest BCUT2D eigenvalue weighted by Crippen LogP contribution is 2.31. The Balaban J connectivity index is 1.82. The molecule has 0 aliphatic heterocycles. The van der Waals surface area contributed by atoms with Crippen molar-refractivity contribution in [3.05, 3.63) is 41.4 Å². The van der Waals surface area contributed by atoms with Crippen LogP contribution < -0.4 is 0 Å². The normalized spacial score (nSPS) is 10.8. The number of nitrogens with zero attached hydrogens (tertiary/aromatic N) is 2. The minimum absolute atomic E-state index is 0.390. The van der Waals surface area contributed by atoms with Crippen LogP contribution in [0.15, 0.2) is 39.5 Å². The zero-order valence-electron chi connectivity index (χ0n) is 10.5. The summed E-state index contributed by atoms with van der Waals surface area (Å²) in [4.78, 5) is 20.0. The molecule has 0 fully saturated rings. The summed E-state index contributed by atoms with van der Waals surface area (Å²) < 4.78 is 11.1. The molecule has 5 nitrogen and oxygen atoms in total. The molecule has 20 heavy (non-hydrogen) atoms. The zero-order chi connectivity index (χ0) is 13.9. The number of furan rings is 1. The van der Waals surface area contributed by atoms with Crippen molar-refractivity contribution < 1.29 is 13.9 Å². The maximum atomic E-state index is 11.6. The van der Waals surface area contributed by atoms with E-state index in [1.165, 1.54) is 25.1 Å². The number of fused-ring (bicyclic) bond motifs is 1. The molecule has 3 rings (SSSR count). The highest BCUT2D eigenvalue weighted by atomic mass is 32.2. The van der Waals surface area contributed by atoms with Crippen molar-refractivity contribution in [3.63, 3.8) is 0 Å². The van der Waals surface area contributed by atoms with E-state index in [1.54, 1.807) is 23.7 Å². The minimum atomic E-state index is -0.390. The Hall–Kier alpha value is -1.86. The van der Waals surface area contributed by atoms with Gasteiger partial charge in [-0.3, -0.25) is 0 Å². The van der Waals surface area contributed by atoms with E-state index in [4.69, 9.17) is 9.15 Å². The molecule has 0 spiro atoms. The van der Waals surface area contributed by atoms with Gasteiger partial charge in [0, 0.05) is 0 Å². The number of hydrogen-bond acceptors (Lipinski definition) is 7. The molecular formula is C13H10N2O3S2. The molecule has 3 heterocycles. The summed E-state index contributed by atoms with van der Waals surface area (Å²) in [6.07, 6.45) is 3.03. The van der Waals surface area contributed by atoms with Crippen LogP contribution >= 0.6 is 23.1 Å². The van der Waals surface area contributed by atoms with E-state index in [-0.39, 0.29) is 0 Å². The molecule has 3 aromatic heterocycles. The maximum Gasteiger partial charge on any atom is 0.341 e. The average Bonchev–Trinajstić information content (AvgIpc) is 3.12. The van der Waals surface area contributed by atoms with Gasteiger partial charge < -0.3 is 9.15 Å². The second-order valence-electron chi connectivity index (χ2n) is 3.85. The van der Waals surface area contributed by atoms with Crippen LogP contribution in [0.5, 0.6) is 0 Å². The number of carbonyl (C=O) groups excluding carboxylic acids is 1. The zero-order valence-corrected chi connectivity index (χ0v) is 12.2. The van der Waals surface area contributed by atoms with Gasteiger partial charge in [-0.2, -0.15) is 0 Å². The van der Waals surface area contributed by atoms with E-state index in [0.29, 0.717) is 17.1 Å². The molecule has 0 saturated heterocycles. The highest BCUT2D eigenvalue weighted by Gasteiger charge is 2.16. The third-order valence-corrected chi connectivity index (χ3v) is 4.73. The highest BCUT2D eigenvalue weighted by molar-refractivity contribution is 7.98. The fraction of sp³-hybridized carbons (Fsp3) is 0.154. The fourth-order valence-corrected chi connectivity index (χ4v) is 3.65. The number of hydrogen-bond donors (Lipinski definition) is 0. The molecule has 0 radical (unpaired) electrons. The number of esters is 1. The smallest absolute Gasteiger partial charge is 0.341 e. The summed E-state index contributed by atoms with van der Waals surface area (Å²) in [6.45, 7) is 0. The second-order valence-corrected chi connectivity index (χ2v) is 5.73. The van der Waals surface area contributed by atoms with E-state index in [9.17, 15) is 4.79 Å². The first-order chi connectivity index (χ1) is 9.79. The van der Waals surface area contributed by atoms with Gasteiger partial charge in [0.15, 0.2) is 0 Å². The van der Waals surface area contributed by atoms with Crippen molar-refractivity contribution in [1.82, 2.24) is 9.97 Å². The van der Waals surface area contributed by atoms with Crippen molar-refractivity contribution in [3.8, 4) is 0 Å². The summed E-state index contributed by atoms with van der Waals surface area (Å²) in [5, 5.41) is 2.87. The molecule has 0 aliphatic rings. The van der Waals surface area contributed by atoms with Gasteiger partial charge in [0.05, 0.1) is 29.3 Å². The third kappa shape index (κ3) is 2.41. The minimum Gasteiger partial charge on any atom is -0.468 e. The van der Waals surface area contributed by atoms with Gasteiger partial charge in [0.2, 0.25) is 0 Å². The average molecular weight is 306 g/mol. The van der Waals surface area contributed by atoms with Gasteiger partial charge in [0.1, 0.15) is 22.7 Å². The lowest BCUT2D eigenvalue weighted by atomic mass is 10.3. The van der Waals surface area contributed by atoms with Gasteiger partial charge >= 0.3 is 5.97 Å². The Morgan fingerprint density at radius 3 is 3.20 bits per heavy atom. The molecule has 0 unspecified atom stereocenters. The van der Waals surface area contributed by atoms with Gasteiger partial charge in [-0.15, -0.1) is 11.3 Å². The Labute approximate surface area is 123 Å². The van der Waals surface area contributed by atoms with Gasteiger partial charge in [-0.1, -0.05) is 11.8 Å². The van der Waals surface area contributed by atoms with E-state index in [1.807, 2.05) is 11.4 Å². The summed E-state index contributed by atoms with van der Waals surface area (Å²) in [5.41, 5.74) is 1.39. The topological polar surface area (TPSA) is 65.2 Å². The van der Waals surface area contributed by atoms with Crippen LogP contribution in [0, 0.1) is 0 Å². The first-order valence-corrected chi connectivity index (χ1v) is 7.62. The Bertz CT molecular complexity index is 751. The largest absolute Gasteiger partial charge is 0.468 e. The molecule has 102 valence electrons. The molecule has 0 aromatic carbocycles. The van der Waals surface area contributed by atoms with Crippen molar-refractivity contribution in [2.45, 2.75) is 10.8 Å². The second kappa shape index (κ2) is 5.64. The molecule has 0 bridgehead atoms. The first kappa shape index (κ1) is 13.1. The molecular weight excluding hydrogens is 296 g/mol. The number of rotatable bonds is 4. The van der Waals surface area contributed by atoms with Crippen molar-refractivity contribution in [2.75, 3.05) is 7.11 Å². The van der Waals surface area contributed by atoms with Gasteiger partial charge in [-0.25, -0.2) is 14.8 Å². The Kier molecular flexibility index (Phi) is 3.70. The number of carbonyl (C=O) groups is 1. The fourth-order valence-electron chi connectivity index (χ4n) is 1.75. The van der Waals surface area contributed by atoms with Crippen LogP contribution in [0.25, 0.3) is 10.2 Å². The lowest BCUT2D eigenvalue weighted by Gasteiger charge is -2.02. The monoisotopic (exact) mass is 306 g/mol. The van der Waals surface area contributed by atoms with Crippen LogP contribution in [0.1, 0.15) is 16.1 Å². The van der Waals surface area contributed by atoms with E-state index < -0.39 is 5.97 Å². The van der Waals surface area contributed by atoms with Crippen molar-refractivity contribution in [1.29, 1.82) is 0 Å². The molecule has 0 amide bonds. The number of thiophene rings is 1. The predicted molar refractivity (Wildman–Crippen MR) is 77.0 cm³/mol. The van der Waals surface area contributed by atoms with Crippen LogP contribution in [-0.4, -0.2) is 23.0 Å². The molecule has 0 saturated carbocycles. The Morgan fingerprint density at radius 2 is 2.35 bits per heavy atom. The lowest BCUT2D eigenvalue weighted by molar-refractivity contribution is 0.0598. The van der Waals surface area contributed by atoms with E-state index >= 15 is 0 Å². The number of ether oxygens (including phenoxy) is 1. The van der Waals surface area contributed by atoms with E-state index in [0.717, 1.165) is 15.2 Å². The molecule has 0 atom stereocenters. The number of thioether (sulfide) groups is 1. The lowest BCUT2D eigenvalue weighted by Crippen LogP contribution is -2.02. The Morgan fingerprint density at radius 1 is 1.45 bits per heavy atom. The number of aromatic nitrogens is 2. The van der Waals surface area contributed by atoms with E-state index in [2.05, 4.69) is 9.97 Å². The summed E-state index contributed by atoms with van der Waals surface area (Å²) in [5.74, 6) is 0.713. The summed E-state index contributed by atoms with van der Waals surface area (Å²) in [7, 11) is 1.35. The standard InChI is InChI=1S/C13H10N2O3S2/c1-17-13(16)8-2-4-18-10(8)6-20-12-11-9(3-5-19-11)14-7-15-12/h2-5,7H,6H2,1H3. The predicted octanol–water partition coefficient (Wildman–Crippen LogP) is 3.36. The van der Waals surface area contributed by atoms with Crippen LogP contribution in [0.4, 0.5) is 0 Å². The quantitative estimate of drug-likeness (QED) is 0.418. The SMILES string of the molecule is COC(=O)c1ccoc1CSc1ncnc2ccsc12. The first-order valence-electron chi connectivity index (χ1n) is 5.75. The van der Waals surface area contributed by atoms with Crippen molar-refractivity contribution in [2.24, 2.45) is 0 Å². The van der Waals surface area contributed by atoms with Crippen LogP contribution in [-0.2, 0) is 10.5 Å². The van der Waals surface area contributed by atoms with Crippen molar-refractivity contribution >= 4 is 39.3 Å². The van der Waals surface area contributed by atoms with Crippen LogP contribution in [0.3, 0.4) is 0 Å². The summed E-state index contributed by atoms with van der Waals surface area (Å²) >= 11 is 3.11. The molecule has 7 heteroatoms.